The minimum absolute atomic E-state index is 0.0194. The summed E-state index contributed by atoms with van der Waals surface area (Å²) in [4.78, 5) is 12.6. The first kappa shape index (κ1) is 21.8. The second-order valence-corrected chi connectivity index (χ2v) is 7.14. The van der Waals surface area contributed by atoms with Gasteiger partial charge in [-0.15, -0.1) is 0 Å². The molecule has 2 aromatic rings. The predicted octanol–water partition coefficient (Wildman–Crippen LogP) is 4.03. The van der Waals surface area contributed by atoms with Crippen LogP contribution in [0.25, 0.3) is 0 Å². The van der Waals surface area contributed by atoms with E-state index < -0.39 is 0 Å². The summed E-state index contributed by atoms with van der Waals surface area (Å²) in [5.41, 5.74) is 3.90. The topological polar surface area (TPSA) is 65.4 Å². The minimum atomic E-state index is -0.131. The smallest absolute Gasteiger partial charge is 0.225 e. The fourth-order valence-corrected chi connectivity index (χ4v) is 3.06. The number of aryl methyl sites for hydroxylation is 2. The molecule has 6 heteroatoms. The van der Waals surface area contributed by atoms with Gasteiger partial charge >= 0.3 is 0 Å². The standard InChI is InChI=1S/C22H33N3O3/c1-7-11-27-20-10-9-18(13-21(20)28-12-8-2)15(3)23-22(26)14-19-16(4)24-25(6)17(19)5/h9-10,13,15H,7-8,11-12,14H2,1-6H3,(H,23,26). The number of amides is 1. The summed E-state index contributed by atoms with van der Waals surface area (Å²) in [7, 11) is 1.90. The van der Waals surface area contributed by atoms with E-state index in [9.17, 15) is 4.79 Å². The highest BCUT2D eigenvalue weighted by Gasteiger charge is 2.17. The highest BCUT2D eigenvalue weighted by atomic mass is 16.5. The molecule has 1 aromatic heterocycles. The Morgan fingerprint density at radius 1 is 1.14 bits per heavy atom. The first-order valence-electron chi connectivity index (χ1n) is 10.0. The molecule has 1 atom stereocenters. The van der Waals surface area contributed by atoms with Crippen LogP contribution in [0.1, 0.15) is 62.2 Å². The highest BCUT2D eigenvalue weighted by molar-refractivity contribution is 5.79. The van der Waals surface area contributed by atoms with Crippen molar-refractivity contribution in [1.82, 2.24) is 15.1 Å². The third kappa shape index (κ3) is 5.50. The summed E-state index contributed by atoms with van der Waals surface area (Å²) in [5.74, 6) is 1.46. The van der Waals surface area contributed by atoms with Gasteiger partial charge in [0.05, 0.1) is 31.4 Å². The first-order chi connectivity index (χ1) is 13.4. The van der Waals surface area contributed by atoms with E-state index in [0.29, 0.717) is 19.6 Å². The molecule has 0 aliphatic rings. The molecule has 0 spiro atoms. The number of hydrogen-bond acceptors (Lipinski definition) is 4. The Hall–Kier alpha value is -2.50. The van der Waals surface area contributed by atoms with E-state index in [-0.39, 0.29) is 11.9 Å². The van der Waals surface area contributed by atoms with E-state index in [1.54, 1.807) is 0 Å². The average Bonchev–Trinajstić information content (AvgIpc) is 2.90. The molecule has 154 valence electrons. The van der Waals surface area contributed by atoms with Gasteiger partial charge in [-0.05, 0) is 51.3 Å². The Bertz CT molecular complexity index is 799. The van der Waals surface area contributed by atoms with Gasteiger partial charge in [-0.2, -0.15) is 5.10 Å². The average molecular weight is 388 g/mol. The SMILES string of the molecule is CCCOc1ccc(C(C)NC(=O)Cc2c(C)nn(C)c2C)cc1OCCC. The van der Waals surface area contributed by atoms with Gasteiger partial charge in [-0.1, -0.05) is 19.9 Å². The number of hydrogen-bond donors (Lipinski definition) is 1. The van der Waals surface area contributed by atoms with Crippen molar-refractivity contribution in [2.45, 2.75) is 59.9 Å². The van der Waals surface area contributed by atoms with Gasteiger partial charge in [0, 0.05) is 18.3 Å². The van der Waals surface area contributed by atoms with Crippen molar-refractivity contribution in [3.8, 4) is 11.5 Å². The monoisotopic (exact) mass is 387 g/mol. The quantitative estimate of drug-likeness (QED) is 0.668. The first-order valence-corrected chi connectivity index (χ1v) is 10.0. The molecule has 0 aliphatic carbocycles. The molecule has 28 heavy (non-hydrogen) atoms. The molecule has 0 aliphatic heterocycles. The van der Waals surface area contributed by atoms with Gasteiger partial charge < -0.3 is 14.8 Å². The molecule has 0 fully saturated rings. The van der Waals surface area contributed by atoms with Crippen LogP contribution in [-0.2, 0) is 18.3 Å². The van der Waals surface area contributed by atoms with E-state index in [1.807, 2.05) is 50.7 Å². The number of carbonyl (C=O) groups excluding carboxylic acids is 1. The highest BCUT2D eigenvalue weighted by Crippen LogP contribution is 2.31. The largest absolute Gasteiger partial charge is 0.490 e. The third-order valence-electron chi connectivity index (χ3n) is 4.76. The zero-order valence-corrected chi connectivity index (χ0v) is 18.0. The van der Waals surface area contributed by atoms with Crippen LogP contribution in [0.4, 0.5) is 0 Å². The van der Waals surface area contributed by atoms with Gasteiger partial charge in [-0.25, -0.2) is 0 Å². The maximum atomic E-state index is 12.6. The normalized spacial score (nSPS) is 11.9. The van der Waals surface area contributed by atoms with E-state index in [2.05, 4.69) is 24.3 Å². The molecule has 1 aromatic carbocycles. The summed E-state index contributed by atoms with van der Waals surface area (Å²) in [6.45, 7) is 11.3. The molecule has 6 nitrogen and oxygen atoms in total. The molecule has 2 rings (SSSR count). The van der Waals surface area contributed by atoms with Crippen LogP contribution in [0.15, 0.2) is 18.2 Å². The molecule has 1 N–H and O–H groups in total. The minimum Gasteiger partial charge on any atom is -0.490 e. The van der Waals surface area contributed by atoms with Crippen molar-refractivity contribution >= 4 is 5.91 Å². The summed E-state index contributed by atoms with van der Waals surface area (Å²) in [6.07, 6.45) is 2.19. The van der Waals surface area contributed by atoms with E-state index in [1.165, 1.54) is 0 Å². The van der Waals surface area contributed by atoms with Gasteiger partial charge in [0.2, 0.25) is 5.91 Å². The lowest BCUT2D eigenvalue weighted by atomic mass is 10.1. The fourth-order valence-electron chi connectivity index (χ4n) is 3.06. The lowest BCUT2D eigenvalue weighted by Gasteiger charge is -2.18. The lowest BCUT2D eigenvalue weighted by Crippen LogP contribution is -2.28. The van der Waals surface area contributed by atoms with Crippen LogP contribution in [0, 0.1) is 13.8 Å². The van der Waals surface area contributed by atoms with Crippen LogP contribution >= 0.6 is 0 Å². The van der Waals surface area contributed by atoms with E-state index in [4.69, 9.17) is 9.47 Å². The molecule has 1 unspecified atom stereocenters. The Morgan fingerprint density at radius 3 is 2.36 bits per heavy atom. The summed E-state index contributed by atoms with van der Waals surface area (Å²) >= 11 is 0. The number of nitrogens with zero attached hydrogens (tertiary/aromatic N) is 2. The second-order valence-electron chi connectivity index (χ2n) is 7.14. The molecule has 1 amide bonds. The van der Waals surface area contributed by atoms with Crippen molar-refractivity contribution in [3.63, 3.8) is 0 Å². The van der Waals surface area contributed by atoms with E-state index >= 15 is 0 Å². The van der Waals surface area contributed by atoms with Crippen molar-refractivity contribution in [3.05, 3.63) is 40.7 Å². The third-order valence-corrected chi connectivity index (χ3v) is 4.76. The van der Waals surface area contributed by atoms with Gasteiger partial charge in [0.15, 0.2) is 11.5 Å². The van der Waals surface area contributed by atoms with Gasteiger partial charge in [0.25, 0.3) is 0 Å². The van der Waals surface area contributed by atoms with Crippen LogP contribution < -0.4 is 14.8 Å². The van der Waals surface area contributed by atoms with Crippen molar-refractivity contribution in [2.75, 3.05) is 13.2 Å². The summed E-state index contributed by atoms with van der Waals surface area (Å²) in [5, 5.41) is 7.46. The molecule has 0 radical (unpaired) electrons. The second kappa shape index (κ2) is 10.2. The maximum Gasteiger partial charge on any atom is 0.225 e. The zero-order valence-electron chi connectivity index (χ0n) is 18.0. The fraction of sp³-hybridized carbons (Fsp3) is 0.545. The molecular weight excluding hydrogens is 354 g/mol. The van der Waals surface area contributed by atoms with Crippen molar-refractivity contribution in [2.24, 2.45) is 7.05 Å². The molecule has 0 saturated carbocycles. The lowest BCUT2D eigenvalue weighted by molar-refractivity contribution is -0.121. The number of aromatic nitrogens is 2. The van der Waals surface area contributed by atoms with Crippen LogP contribution in [0.2, 0.25) is 0 Å². The summed E-state index contributed by atoms with van der Waals surface area (Å²) < 4.78 is 13.5. The van der Waals surface area contributed by atoms with Crippen molar-refractivity contribution < 1.29 is 14.3 Å². The molecular formula is C22H33N3O3. The van der Waals surface area contributed by atoms with Crippen LogP contribution in [0.5, 0.6) is 11.5 Å². The van der Waals surface area contributed by atoms with E-state index in [0.717, 1.165) is 46.9 Å². The molecule has 0 bridgehead atoms. The molecule has 1 heterocycles. The Labute approximate surface area is 168 Å². The summed E-state index contributed by atoms with van der Waals surface area (Å²) in [6, 6.07) is 5.74. The van der Waals surface area contributed by atoms with Crippen LogP contribution in [-0.4, -0.2) is 28.9 Å². The van der Waals surface area contributed by atoms with Gasteiger partial charge in [0.1, 0.15) is 0 Å². The Morgan fingerprint density at radius 2 is 1.79 bits per heavy atom. The Balaban J connectivity index is 2.09. The number of benzene rings is 1. The molecule has 0 saturated heterocycles. The number of nitrogens with one attached hydrogen (secondary N) is 1. The number of carbonyl (C=O) groups is 1. The van der Waals surface area contributed by atoms with Gasteiger partial charge in [-0.3, -0.25) is 9.48 Å². The predicted molar refractivity (Wildman–Crippen MR) is 111 cm³/mol. The van der Waals surface area contributed by atoms with Crippen LogP contribution in [0.3, 0.4) is 0 Å². The maximum absolute atomic E-state index is 12.6. The Kier molecular flexibility index (Phi) is 7.91. The zero-order chi connectivity index (χ0) is 20.7. The van der Waals surface area contributed by atoms with Crippen molar-refractivity contribution in [1.29, 1.82) is 0 Å². The number of rotatable bonds is 10. The number of ether oxygens (including phenoxy) is 2.